The van der Waals surface area contributed by atoms with Gasteiger partial charge in [-0.25, -0.2) is 14.6 Å². The highest BCUT2D eigenvalue weighted by molar-refractivity contribution is 5.90. The lowest BCUT2D eigenvalue weighted by Crippen LogP contribution is -2.47. The highest BCUT2D eigenvalue weighted by atomic mass is 19.1. The van der Waals surface area contributed by atoms with Gasteiger partial charge in [0.2, 0.25) is 11.8 Å². The van der Waals surface area contributed by atoms with Crippen LogP contribution in [0.2, 0.25) is 0 Å². The second-order valence-corrected chi connectivity index (χ2v) is 7.85. The Morgan fingerprint density at radius 3 is 2.71 bits per heavy atom. The van der Waals surface area contributed by atoms with Crippen molar-refractivity contribution in [3.8, 4) is 0 Å². The van der Waals surface area contributed by atoms with Crippen LogP contribution < -0.4 is 25.9 Å². The number of cyclic esters (lactones) is 1. The Balaban J connectivity index is 1.89. The van der Waals surface area contributed by atoms with E-state index in [9.17, 15) is 23.2 Å². The summed E-state index contributed by atoms with van der Waals surface area (Å²) >= 11 is 0. The number of benzene rings is 1. The minimum absolute atomic E-state index is 0.0989. The van der Waals surface area contributed by atoms with E-state index in [2.05, 4.69) is 16.1 Å². The van der Waals surface area contributed by atoms with Crippen molar-refractivity contribution in [2.45, 2.75) is 26.4 Å². The molecule has 0 saturated carbocycles. The third-order valence-corrected chi connectivity index (χ3v) is 5.29. The number of hydrogen-bond donors (Lipinski definition) is 3. The number of halogens is 2. The van der Waals surface area contributed by atoms with Crippen LogP contribution in [0.1, 0.15) is 20.3 Å². The summed E-state index contributed by atoms with van der Waals surface area (Å²) in [5, 5.41) is 6.82. The van der Waals surface area contributed by atoms with Crippen LogP contribution in [0.25, 0.3) is 0 Å². The number of amides is 3. The van der Waals surface area contributed by atoms with E-state index in [4.69, 9.17) is 4.74 Å². The topological polar surface area (TPSA) is 106 Å². The number of nitrogens with zero attached hydrogens (tertiary/aromatic N) is 3. The molecule has 0 bridgehead atoms. The number of alkyl halides is 1. The lowest BCUT2D eigenvalue weighted by molar-refractivity contribution is -0.131. The summed E-state index contributed by atoms with van der Waals surface area (Å²) < 4.78 is 32.3. The molecule has 1 aromatic rings. The van der Waals surface area contributed by atoms with Gasteiger partial charge in [-0.1, -0.05) is 0 Å². The fourth-order valence-corrected chi connectivity index (χ4v) is 3.41. The molecule has 34 heavy (non-hydrogen) atoms. The minimum Gasteiger partial charge on any atom is -0.442 e. The van der Waals surface area contributed by atoms with Crippen LogP contribution in [0.5, 0.6) is 0 Å². The van der Waals surface area contributed by atoms with Crippen LogP contribution >= 0.6 is 0 Å². The van der Waals surface area contributed by atoms with Crippen LogP contribution in [0.4, 0.5) is 25.0 Å². The molecule has 12 heteroatoms. The molecule has 1 heterocycles. The Bertz CT molecular complexity index is 844. The molecule has 10 nitrogen and oxygen atoms in total. The quantitative estimate of drug-likeness (QED) is 0.268. The highest BCUT2D eigenvalue weighted by Crippen LogP contribution is 2.27. The molecule has 1 fully saturated rings. The van der Waals surface area contributed by atoms with Gasteiger partial charge in [0, 0.05) is 33.6 Å². The van der Waals surface area contributed by atoms with Gasteiger partial charge in [-0.2, -0.15) is 0 Å². The zero-order valence-electron chi connectivity index (χ0n) is 19.9. The van der Waals surface area contributed by atoms with Crippen LogP contribution in [-0.4, -0.2) is 88.6 Å². The van der Waals surface area contributed by atoms with E-state index in [1.807, 2.05) is 11.8 Å². The fourth-order valence-electron chi connectivity index (χ4n) is 3.41. The first-order valence-corrected chi connectivity index (χ1v) is 11.3. The van der Waals surface area contributed by atoms with Gasteiger partial charge >= 0.3 is 6.09 Å². The first kappa shape index (κ1) is 27.3. The van der Waals surface area contributed by atoms with Crippen molar-refractivity contribution in [1.82, 2.24) is 21.1 Å². The Morgan fingerprint density at radius 2 is 2.06 bits per heavy atom. The molecule has 0 unspecified atom stereocenters. The van der Waals surface area contributed by atoms with E-state index in [-0.39, 0.29) is 31.4 Å². The molecule has 3 N–H and O–H groups in total. The average Bonchev–Trinajstić information content (AvgIpc) is 3.18. The van der Waals surface area contributed by atoms with E-state index in [0.717, 1.165) is 0 Å². The third-order valence-electron chi connectivity index (χ3n) is 5.29. The lowest BCUT2D eigenvalue weighted by Gasteiger charge is -2.26. The first-order valence-electron chi connectivity index (χ1n) is 11.3. The monoisotopic (exact) mass is 484 g/mol. The molecule has 1 aromatic carbocycles. The minimum atomic E-state index is -0.592. The SMILES string of the molecule is CCN(CCNN(C)C(=O)CNCCCF)c1ccc(N2C[C@H](CNC(C)=O)OC2=O)cc1F. The predicted molar refractivity (Wildman–Crippen MR) is 125 cm³/mol. The number of nitrogens with one attached hydrogen (secondary N) is 3. The van der Waals surface area contributed by atoms with Crippen LogP contribution in [0, 0.1) is 5.82 Å². The van der Waals surface area contributed by atoms with E-state index in [1.54, 1.807) is 19.2 Å². The van der Waals surface area contributed by atoms with Crippen LogP contribution in [0.15, 0.2) is 18.2 Å². The molecule has 1 saturated heterocycles. The molecule has 1 aliphatic rings. The highest BCUT2D eigenvalue weighted by Gasteiger charge is 2.32. The van der Waals surface area contributed by atoms with Gasteiger partial charge in [0.25, 0.3) is 0 Å². The molecule has 1 atom stereocenters. The molecule has 1 aliphatic heterocycles. The molecule has 0 spiro atoms. The van der Waals surface area contributed by atoms with Gasteiger partial charge in [-0.05, 0) is 38.1 Å². The fraction of sp³-hybridized carbons (Fsp3) is 0.591. The number of rotatable bonds is 14. The number of anilines is 2. The molecule has 0 aliphatic carbocycles. The summed E-state index contributed by atoms with van der Waals surface area (Å²) in [6, 6.07) is 4.54. The van der Waals surface area contributed by atoms with Crippen molar-refractivity contribution in [2.75, 3.05) is 69.3 Å². The van der Waals surface area contributed by atoms with Gasteiger partial charge < -0.3 is 20.3 Å². The molecular formula is C22H34F2N6O4. The van der Waals surface area contributed by atoms with E-state index < -0.39 is 24.7 Å². The van der Waals surface area contributed by atoms with Gasteiger partial charge in [0.1, 0.15) is 11.9 Å². The number of carbonyl (C=O) groups is 3. The van der Waals surface area contributed by atoms with E-state index in [0.29, 0.717) is 44.0 Å². The number of carbonyl (C=O) groups excluding carboxylic acids is 3. The Hall–Kier alpha value is -2.99. The van der Waals surface area contributed by atoms with Gasteiger partial charge in [-0.15, -0.1) is 0 Å². The van der Waals surface area contributed by atoms with Crippen LogP contribution in [0.3, 0.4) is 0 Å². The van der Waals surface area contributed by atoms with Gasteiger partial charge in [0.15, 0.2) is 0 Å². The Morgan fingerprint density at radius 1 is 1.29 bits per heavy atom. The third kappa shape index (κ3) is 8.10. The maximum Gasteiger partial charge on any atom is 0.414 e. The van der Waals surface area contributed by atoms with E-state index in [1.165, 1.54) is 22.9 Å². The predicted octanol–water partition coefficient (Wildman–Crippen LogP) is 1.03. The first-order chi connectivity index (χ1) is 16.3. The summed E-state index contributed by atoms with van der Waals surface area (Å²) in [4.78, 5) is 38.4. The number of hydrazine groups is 1. The molecule has 0 radical (unpaired) electrons. The van der Waals surface area contributed by atoms with Crippen molar-refractivity contribution in [3.05, 3.63) is 24.0 Å². The molecule has 2 rings (SSSR count). The summed E-state index contributed by atoms with van der Waals surface area (Å²) in [5.74, 6) is -0.898. The molecule has 190 valence electrons. The van der Waals surface area contributed by atoms with Crippen LogP contribution in [-0.2, 0) is 14.3 Å². The normalized spacial score (nSPS) is 15.3. The Kier molecular flexibility index (Phi) is 10.9. The second-order valence-electron chi connectivity index (χ2n) is 7.85. The van der Waals surface area contributed by atoms with Crippen molar-refractivity contribution in [3.63, 3.8) is 0 Å². The van der Waals surface area contributed by atoms with Crippen molar-refractivity contribution >= 4 is 29.3 Å². The summed E-state index contributed by atoms with van der Waals surface area (Å²) in [6.45, 7) is 5.13. The number of ether oxygens (including phenoxy) is 1. The average molecular weight is 485 g/mol. The van der Waals surface area contributed by atoms with Gasteiger partial charge in [-0.3, -0.25) is 23.9 Å². The zero-order chi connectivity index (χ0) is 25.1. The maximum atomic E-state index is 14.9. The van der Waals surface area contributed by atoms with Crippen molar-refractivity contribution < 1.29 is 27.9 Å². The Labute approximate surface area is 198 Å². The summed E-state index contributed by atoms with van der Waals surface area (Å²) in [7, 11) is 1.60. The summed E-state index contributed by atoms with van der Waals surface area (Å²) in [6.07, 6.45) is -0.738. The molecule has 3 amide bonds. The number of likely N-dealkylation sites (N-methyl/N-ethyl adjacent to an activating group) is 2. The summed E-state index contributed by atoms with van der Waals surface area (Å²) in [5.41, 5.74) is 3.71. The smallest absolute Gasteiger partial charge is 0.414 e. The largest absolute Gasteiger partial charge is 0.442 e. The zero-order valence-corrected chi connectivity index (χ0v) is 19.9. The lowest BCUT2D eigenvalue weighted by atomic mass is 10.2. The standard InChI is InChI=1S/C22H34F2N6O4/c1-4-29(11-10-27-28(3)21(32)14-25-9-5-8-23)20-7-6-17(12-19(20)24)30-15-18(34-22(30)33)13-26-16(2)31/h6-7,12,18,25,27H,4-5,8-11,13-15H2,1-3H3,(H,26,31)/t18-/m0/s1. The maximum absolute atomic E-state index is 14.9. The second kappa shape index (κ2) is 13.7. The van der Waals surface area contributed by atoms with Gasteiger partial charge in [0.05, 0.1) is 37.7 Å². The number of hydrogen-bond acceptors (Lipinski definition) is 7. The van der Waals surface area contributed by atoms with Crippen molar-refractivity contribution in [1.29, 1.82) is 0 Å². The molecule has 0 aromatic heterocycles. The molecular weight excluding hydrogens is 450 g/mol. The van der Waals surface area contributed by atoms with E-state index >= 15 is 0 Å². The van der Waals surface area contributed by atoms with Crippen molar-refractivity contribution in [2.24, 2.45) is 0 Å².